The molecule has 1 aliphatic rings. The lowest BCUT2D eigenvalue weighted by atomic mass is 9.94. The standard InChI is InChI=1S/C14H21FN2O/c1-10-7-13(12(16)8-11(10)15)17-6-4-5-14(2,9-17)18-3/h7-8H,4-6,9,16H2,1-3H3. The first-order valence-corrected chi connectivity index (χ1v) is 6.31. The van der Waals surface area contributed by atoms with Gasteiger partial charge in [-0.2, -0.15) is 0 Å². The van der Waals surface area contributed by atoms with Crippen molar-refractivity contribution >= 4 is 11.4 Å². The predicted molar refractivity (Wildman–Crippen MR) is 72.4 cm³/mol. The fraction of sp³-hybridized carbons (Fsp3) is 0.571. The van der Waals surface area contributed by atoms with E-state index in [1.807, 2.05) is 6.07 Å². The zero-order chi connectivity index (χ0) is 13.3. The fourth-order valence-electron chi connectivity index (χ4n) is 2.53. The van der Waals surface area contributed by atoms with Crippen LogP contribution < -0.4 is 10.6 Å². The minimum atomic E-state index is -0.247. The molecule has 1 unspecified atom stereocenters. The summed E-state index contributed by atoms with van der Waals surface area (Å²) in [6, 6.07) is 3.23. The number of halogens is 1. The van der Waals surface area contributed by atoms with Gasteiger partial charge in [0.25, 0.3) is 0 Å². The normalized spacial score (nSPS) is 24.3. The van der Waals surface area contributed by atoms with Gasteiger partial charge in [-0.25, -0.2) is 4.39 Å². The average molecular weight is 252 g/mol. The molecule has 1 aromatic rings. The van der Waals surface area contributed by atoms with Gasteiger partial charge < -0.3 is 15.4 Å². The van der Waals surface area contributed by atoms with Gasteiger partial charge >= 0.3 is 0 Å². The maximum absolute atomic E-state index is 13.4. The molecule has 0 bridgehead atoms. The Kier molecular flexibility index (Phi) is 3.48. The Labute approximate surface area is 108 Å². The number of anilines is 2. The maximum atomic E-state index is 13.4. The summed E-state index contributed by atoms with van der Waals surface area (Å²) in [4.78, 5) is 2.19. The average Bonchev–Trinajstić information content (AvgIpc) is 2.34. The van der Waals surface area contributed by atoms with Crippen molar-refractivity contribution in [2.75, 3.05) is 30.8 Å². The van der Waals surface area contributed by atoms with E-state index in [4.69, 9.17) is 10.5 Å². The van der Waals surface area contributed by atoms with Gasteiger partial charge in [0.2, 0.25) is 0 Å². The predicted octanol–water partition coefficient (Wildman–Crippen LogP) is 2.72. The van der Waals surface area contributed by atoms with E-state index >= 15 is 0 Å². The summed E-state index contributed by atoms with van der Waals surface area (Å²) in [6.07, 6.45) is 2.10. The van der Waals surface area contributed by atoms with Crippen LogP contribution in [0.3, 0.4) is 0 Å². The molecule has 100 valence electrons. The lowest BCUT2D eigenvalue weighted by molar-refractivity contribution is -0.00462. The molecular weight excluding hydrogens is 231 g/mol. The number of nitrogens with zero attached hydrogens (tertiary/aromatic N) is 1. The SMILES string of the molecule is COC1(C)CCCN(c2cc(C)c(F)cc2N)C1. The third kappa shape index (κ3) is 2.43. The highest BCUT2D eigenvalue weighted by molar-refractivity contribution is 5.69. The maximum Gasteiger partial charge on any atom is 0.128 e. The molecule has 0 saturated carbocycles. The van der Waals surface area contributed by atoms with Crippen LogP contribution in [-0.4, -0.2) is 25.8 Å². The van der Waals surface area contributed by atoms with Crippen LogP contribution in [0.2, 0.25) is 0 Å². The number of piperidine rings is 1. The molecule has 2 N–H and O–H groups in total. The molecule has 4 heteroatoms. The largest absolute Gasteiger partial charge is 0.397 e. The van der Waals surface area contributed by atoms with E-state index in [-0.39, 0.29) is 11.4 Å². The Bertz CT molecular complexity index is 450. The second kappa shape index (κ2) is 4.76. The molecule has 1 saturated heterocycles. The summed E-state index contributed by atoms with van der Waals surface area (Å²) in [5.74, 6) is -0.247. The Morgan fingerprint density at radius 1 is 1.44 bits per heavy atom. The second-order valence-corrected chi connectivity index (χ2v) is 5.34. The lowest BCUT2D eigenvalue weighted by Gasteiger charge is -2.41. The number of aryl methyl sites for hydroxylation is 1. The quantitative estimate of drug-likeness (QED) is 0.822. The Hall–Kier alpha value is -1.29. The number of rotatable bonds is 2. The van der Waals surface area contributed by atoms with Gasteiger partial charge in [-0.3, -0.25) is 0 Å². The monoisotopic (exact) mass is 252 g/mol. The van der Waals surface area contributed by atoms with Crippen LogP contribution in [-0.2, 0) is 4.74 Å². The van der Waals surface area contributed by atoms with Gasteiger partial charge in [0.15, 0.2) is 0 Å². The van der Waals surface area contributed by atoms with Crippen molar-refractivity contribution < 1.29 is 9.13 Å². The van der Waals surface area contributed by atoms with Crippen molar-refractivity contribution in [1.82, 2.24) is 0 Å². The van der Waals surface area contributed by atoms with Crippen molar-refractivity contribution in [2.45, 2.75) is 32.3 Å². The first-order chi connectivity index (χ1) is 8.45. The summed E-state index contributed by atoms with van der Waals surface area (Å²) >= 11 is 0. The van der Waals surface area contributed by atoms with Crippen LogP contribution in [0, 0.1) is 12.7 Å². The first kappa shape index (κ1) is 13.1. The number of ether oxygens (including phenoxy) is 1. The Morgan fingerprint density at radius 3 is 2.83 bits per heavy atom. The number of methoxy groups -OCH3 is 1. The van der Waals surface area contributed by atoms with E-state index in [0.29, 0.717) is 11.3 Å². The number of nitrogen functional groups attached to an aromatic ring is 1. The van der Waals surface area contributed by atoms with E-state index in [9.17, 15) is 4.39 Å². The number of hydrogen-bond donors (Lipinski definition) is 1. The van der Waals surface area contributed by atoms with Gasteiger partial charge in [-0.05, 0) is 44.4 Å². The van der Waals surface area contributed by atoms with E-state index in [2.05, 4.69) is 11.8 Å². The van der Waals surface area contributed by atoms with Crippen molar-refractivity contribution in [3.05, 3.63) is 23.5 Å². The molecule has 1 fully saturated rings. The topological polar surface area (TPSA) is 38.5 Å². The fourth-order valence-corrected chi connectivity index (χ4v) is 2.53. The van der Waals surface area contributed by atoms with E-state index in [0.717, 1.165) is 31.6 Å². The molecule has 0 radical (unpaired) electrons. The molecule has 1 atom stereocenters. The molecule has 2 rings (SSSR count). The van der Waals surface area contributed by atoms with Crippen LogP contribution in [0.1, 0.15) is 25.3 Å². The van der Waals surface area contributed by atoms with Crippen LogP contribution in [0.4, 0.5) is 15.8 Å². The molecule has 0 aromatic heterocycles. The molecule has 1 aliphatic heterocycles. The summed E-state index contributed by atoms with van der Waals surface area (Å²) in [5, 5.41) is 0. The van der Waals surface area contributed by atoms with Crippen molar-refractivity contribution in [3.63, 3.8) is 0 Å². The number of nitrogens with two attached hydrogens (primary N) is 1. The third-order valence-electron chi connectivity index (χ3n) is 3.80. The van der Waals surface area contributed by atoms with E-state index < -0.39 is 0 Å². The second-order valence-electron chi connectivity index (χ2n) is 5.34. The summed E-state index contributed by atoms with van der Waals surface area (Å²) < 4.78 is 19.0. The minimum Gasteiger partial charge on any atom is -0.397 e. The highest BCUT2D eigenvalue weighted by Crippen LogP contribution is 2.32. The number of hydrogen-bond acceptors (Lipinski definition) is 3. The van der Waals surface area contributed by atoms with Crippen LogP contribution >= 0.6 is 0 Å². The van der Waals surface area contributed by atoms with E-state index in [1.165, 1.54) is 6.07 Å². The van der Waals surface area contributed by atoms with Crippen LogP contribution in [0.15, 0.2) is 12.1 Å². The molecule has 18 heavy (non-hydrogen) atoms. The summed E-state index contributed by atoms with van der Waals surface area (Å²) in [5.41, 5.74) is 7.82. The van der Waals surface area contributed by atoms with Crippen molar-refractivity contribution in [2.24, 2.45) is 0 Å². The zero-order valence-electron chi connectivity index (χ0n) is 11.3. The number of benzene rings is 1. The smallest absolute Gasteiger partial charge is 0.128 e. The van der Waals surface area contributed by atoms with Gasteiger partial charge in [0, 0.05) is 20.2 Å². The van der Waals surface area contributed by atoms with Crippen molar-refractivity contribution in [1.29, 1.82) is 0 Å². The Morgan fingerprint density at radius 2 is 2.17 bits per heavy atom. The highest BCUT2D eigenvalue weighted by Gasteiger charge is 2.31. The Balaban J connectivity index is 2.29. The van der Waals surface area contributed by atoms with Gasteiger partial charge in [0.1, 0.15) is 5.82 Å². The summed E-state index contributed by atoms with van der Waals surface area (Å²) in [7, 11) is 1.74. The lowest BCUT2D eigenvalue weighted by Crippen LogP contribution is -2.47. The van der Waals surface area contributed by atoms with E-state index in [1.54, 1.807) is 14.0 Å². The van der Waals surface area contributed by atoms with Crippen LogP contribution in [0.25, 0.3) is 0 Å². The van der Waals surface area contributed by atoms with Gasteiger partial charge in [-0.15, -0.1) is 0 Å². The summed E-state index contributed by atoms with van der Waals surface area (Å²) in [6.45, 7) is 5.59. The van der Waals surface area contributed by atoms with Crippen LogP contribution in [0.5, 0.6) is 0 Å². The van der Waals surface area contributed by atoms with Gasteiger partial charge in [-0.1, -0.05) is 0 Å². The third-order valence-corrected chi connectivity index (χ3v) is 3.80. The van der Waals surface area contributed by atoms with Crippen molar-refractivity contribution in [3.8, 4) is 0 Å². The highest BCUT2D eigenvalue weighted by atomic mass is 19.1. The molecule has 0 amide bonds. The molecule has 1 heterocycles. The molecule has 3 nitrogen and oxygen atoms in total. The molecule has 1 aromatic carbocycles. The molecule has 0 aliphatic carbocycles. The first-order valence-electron chi connectivity index (χ1n) is 6.31. The molecule has 0 spiro atoms. The van der Waals surface area contributed by atoms with Gasteiger partial charge in [0.05, 0.1) is 17.0 Å². The zero-order valence-corrected chi connectivity index (χ0v) is 11.3. The molecular formula is C14H21FN2O. The minimum absolute atomic E-state index is 0.146.